The number of rotatable bonds is 1. The molecule has 0 saturated carbocycles. The summed E-state index contributed by atoms with van der Waals surface area (Å²) in [5, 5.41) is 0.812. The topological polar surface area (TPSA) is 82.8 Å². The largest absolute Gasteiger partial charge is 0.383 e. The normalized spacial score (nSPS) is 10.9. The first-order valence-electron chi connectivity index (χ1n) is 5.63. The van der Waals surface area contributed by atoms with Crippen LogP contribution >= 0.6 is 0 Å². The lowest BCUT2D eigenvalue weighted by molar-refractivity contribution is 1.07. The van der Waals surface area contributed by atoms with E-state index in [1.807, 2.05) is 35.0 Å². The maximum absolute atomic E-state index is 5.84. The van der Waals surface area contributed by atoms with Crippen LogP contribution in [0.4, 0.5) is 11.8 Å². The lowest BCUT2D eigenvalue weighted by atomic mass is 10.2. The van der Waals surface area contributed by atoms with Crippen molar-refractivity contribution in [1.29, 1.82) is 0 Å². The lowest BCUT2D eigenvalue weighted by Crippen LogP contribution is -2.03. The third-order valence-electron chi connectivity index (χ3n) is 2.97. The number of hydrogen-bond acceptors (Lipinski definition) is 4. The third-order valence-corrected chi connectivity index (χ3v) is 2.97. The van der Waals surface area contributed by atoms with Crippen LogP contribution in [0.15, 0.2) is 36.5 Å². The number of nitrogen functional groups attached to an aromatic ring is 2. The first-order valence-corrected chi connectivity index (χ1v) is 5.63. The van der Waals surface area contributed by atoms with Crippen molar-refractivity contribution in [3.05, 3.63) is 42.1 Å². The standard InChI is InChI=1S/C13H13N5/c1-8-4-2-3-5-10(8)18-7-6-9-11(14)16-13(15)17-12(9)18/h2-7H,1H3,(H4,14,15,16,17). The molecule has 2 heterocycles. The first-order chi connectivity index (χ1) is 8.66. The Morgan fingerprint density at radius 2 is 1.83 bits per heavy atom. The molecule has 0 radical (unpaired) electrons. The molecule has 0 fully saturated rings. The summed E-state index contributed by atoms with van der Waals surface area (Å²) in [6, 6.07) is 9.97. The maximum Gasteiger partial charge on any atom is 0.224 e. The van der Waals surface area contributed by atoms with Crippen molar-refractivity contribution < 1.29 is 0 Å². The van der Waals surface area contributed by atoms with Gasteiger partial charge in [0.2, 0.25) is 5.95 Å². The molecule has 18 heavy (non-hydrogen) atoms. The van der Waals surface area contributed by atoms with Gasteiger partial charge in [0.15, 0.2) is 5.65 Å². The quantitative estimate of drug-likeness (QED) is 0.679. The fourth-order valence-corrected chi connectivity index (χ4v) is 2.08. The van der Waals surface area contributed by atoms with Gasteiger partial charge in [-0.25, -0.2) is 0 Å². The van der Waals surface area contributed by atoms with Crippen LogP contribution in [0.2, 0.25) is 0 Å². The Labute approximate surface area is 104 Å². The van der Waals surface area contributed by atoms with Crippen molar-refractivity contribution in [3.8, 4) is 5.69 Å². The van der Waals surface area contributed by atoms with Gasteiger partial charge in [0.05, 0.1) is 5.39 Å². The predicted octanol–water partition coefficient (Wildman–Crippen LogP) is 1.89. The monoisotopic (exact) mass is 239 g/mol. The Hall–Kier alpha value is -2.56. The molecule has 1 aromatic carbocycles. The predicted molar refractivity (Wildman–Crippen MR) is 72.4 cm³/mol. The minimum Gasteiger partial charge on any atom is -0.383 e. The molecule has 3 rings (SSSR count). The van der Waals surface area contributed by atoms with Crippen molar-refractivity contribution in [2.75, 3.05) is 11.5 Å². The van der Waals surface area contributed by atoms with Gasteiger partial charge >= 0.3 is 0 Å². The van der Waals surface area contributed by atoms with E-state index in [1.165, 1.54) is 0 Å². The zero-order valence-electron chi connectivity index (χ0n) is 9.96. The lowest BCUT2D eigenvalue weighted by Gasteiger charge is -2.08. The molecule has 0 unspecified atom stereocenters. The molecule has 3 aromatic rings. The van der Waals surface area contributed by atoms with Crippen LogP contribution in [0.3, 0.4) is 0 Å². The van der Waals surface area contributed by atoms with Crippen molar-refractivity contribution >= 4 is 22.8 Å². The fraction of sp³-hybridized carbons (Fsp3) is 0.0769. The van der Waals surface area contributed by atoms with Crippen molar-refractivity contribution in [2.45, 2.75) is 6.92 Å². The van der Waals surface area contributed by atoms with Crippen molar-refractivity contribution in [3.63, 3.8) is 0 Å². The Balaban J connectivity index is 2.34. The van der Waals surface area contributed by atoms with E-state index < -0.39 is 0 Å². The summed E-state index contributed by atoms with van der Waals surface area (Å²) in [7, 11) is 0. The molecule has 0 saturated heterocycles. The Morgan fingerprint density at radius 3 is 2.61 bits per heavy atom. The third kappa shape index (κ3) is 1.48. The number of nitrogens with two attached hydrogens (primary N) is 2. The summed E-state index contributed by atoms with van der Waals surface area (Å²) in [4.78, 5) is 8.23. The molecule has 5 heteroatoms. The Bertz CT molecular complexity index is 729. The van der Waals surface area contributed by atoms with Crippen LogP contribution < -0.4 is 11.5 Å². The molecule has 4 N–H and O–H groups in total. The van der Waals surface area contributed by atoms with Gasteiger partial charge in [0.25, 0.3) is 0 Å². The molecular weight excluding hydrogens is 226 g/mol. The second kappa shape index (κ2) is 3.73. The summed E-state index contributed by atoms with van der Waals surface area (Å²) in [5.41, 5.74) is 14.4. The van der Waals surface area contributed by atoms with Crippen LogP contribution in [0.1, 0.15) is 5.56 Å². The SMILES string of the molecule is Cc1ccccc1-n1ccc2c(N)nc(N)nc21. The number of anilines is 2. The van der Waals surface area contributed by atoms with Gasteiger partial charge in [-0.1, -0.05) is 18.2 Å². The van der Waals surface area contributed by atoms with Crippen LogP contribution in [0.25, 0.3) is 16.7 Å². The molecule has 0 bridgehead atoms. The highest BCUT2D eigenvalue weighted by Crippen LogP contribution is 2.24. The average molecular weight is 239 g/mol. The van der Waals surface area contributed by atoms with Crippen LogP contribution in [0, 0.1) is 6.92 Å². The average Bonchev–Trinajstić information content (AvgIpc) is 2.73. The molecule has 0 aliphatic heterocycles. The second-order valence-electron chi connectivity index (χ2n) is 4.18. The minimum atomic E-state index is 0.188. The minimum absolute atomic E-state index is 0.188. The second-order valence-corrected chi connectivity index (χ2v) is 4.18. The number of para-hydroxylation sites is 1. The van der Waals surface area contributed by atoms with Gasteiger partial charge in [-0.2, -0.15) is 9.97 Å². The molecular formula is C13H13N5. The van der Waals surface area contributed by atoms with Gasteiger partial charge in [-0.15, -0.1) is 0 Å². The van der Waals surface area contributed by atoms with E-state index in [9.17, 15) is 0 Å². The highest BCUT2D eigenvalue weighted by atomic mass is 15.1. The van der Waals surface area contributed by atoms with Gasteiger partial charge in [-0.05, 0) is 24.6 Å². The first kappa shape index (κ1) is 10.6. The number of fused-ring (bicyclic) bond motifs is 1. The van der Waals surface area contributed by atoms with Gasteiger partial charge in [-0.3, -0.25) is 0 Å². The fourth-order valence-electron chi connectivity index (χ4n) is 2.08. The van der Waals surface area contributed by atoms with E-state index in [1.54, 1.807) is 0 Å². The van der Waals surface area contributed by atoms with E-state index in [0.717, 1.165) is 22.3 Å². The highest BCUT2D eigenvalue weighted by molar-refractivity contribution is 5.88. The van der Waals surface area contributed by atoms with E-state index >= 15 is 0 Å². The van der Waals surface area contributed by atoms with E-state index in [-0.39, 0.29) is 5.95 Å². The summed E-state index contributed by atoms with van der Waals surface area (Å²) < 4.78 is 1.97. The zero-order chi connectivity index (χ0) is 12.7. The number of hydrogen-bond donors (Lipinski definition) is 2. The Morgan fingerprint density at radius 1 is 1.06 bits per heavy atom. The smallest absolute Gasteiger partial charge is 0.224 e. The van der Waals surface area contributed by atoms with Crippen LogP contribution in [-0.2, 0) is 0 Å². The highest BCUT2D eigenvalue weighted by Gasteiger charge is 2.10. The molecule has 2 aromatic heterocycles. The molecule has 0 spiro atoms. The van der Waals surface area contributed by atoms with E-state index in [0.29, 0.717) is 5.82 Å². The summed E-state index contributed by atoms with van der Waals surface area (Å²) in [6.07, 6.45) is 1.93. The van der Waals surface area contributed by atoms with Gasteiger partial charge in [0, 0.05) is 11.9 Å². The van der Waals surface area contributed by atoms with E-state index in [2.05, 4.69) is 23.0 Å². The molecule has 0 aliphatic rings. The zero-order valence-corrected chi connectivity index (χ0v) is 9.96. The molecule has 0 amide bonds. The van der Waals surface area contributed by atoms with Gasteiger partial charge < -0.3 is 16.0 Å². The van der Waals surface area contributed by atoms with Crippen molar-refractivity contribution in [2.24, 2.45) is 0 Å². The number of benzene rings is 1. The Kier molecular flexibility index (Phi) is 2.19. The number of aryl methyl sites for hydroxylation is 1. The summed E-state index contributed by atoms with van der Waals surface area (Å²) >= 11 is 0. The molecule has 0 atom stereocenters. The molecule has 5 nitrogen and oxygen atoms in total. The molecule has 90 valence electrons. The number of nitrogens with zero attached hydrogens (tertiary/aromatic N) is 3. The maximum atomic E-state index is 5.84. The molecule has 0 aliphatic carbocycles. The summed E-state index contributed by atoms with van der Waals surface area (Å²) in [6.45, 7) is 2.05. The van der Waals surface area contributed by atoms with Crippen molar-refractivity contribution in [1.82, 2.24) is 14.5 Å². The van der Waals surface area contributed by atoms with Crippen LogP contribution in [-0.4, -0.2) is 14.5 Å². The number of aromatic nitrogens is 3. The van der Waals surface area contributed by atoms with Gasteiger partial charge in [0.1, 0.15) is 5.82 Å². The van der Waals surface area contributed by atoms with Crippen LogP contribution in [0.5, 0.6) is 0 Å². The van der Waals surface area contributed by atoms with E-state index in [4.69, 9.17) is 11.5 Å². The summed E-state index contributed by atoms with van der Waals surface area (Å²) in [5.74, 6) is 0.596.